The highest BCUT2D eigenvalue weighted by molar-refractivity contribution is 5.56. The summed E-state index contributed by atoms with van der Waals surface area (Å²) in [5.41, 5.74) is 8.02. The van der Waals surface area contributed by atoms with Crippen LogP contribution in [0.3, 0.4) is 0 Å². The summed E-state index contributed by atoms with van der Waals surface area (Å²) in [5.74, 6) is 1.09. The van der Waals surface area contributed by atoms with E-state index in [1.54, 1.807) is 0 Å². The Balaban J connectivity index is 2.26. The molecule has 2 heterocycles. The van der Waals surface area contributed by atoms with Gasteiger partial charge in [0.05, 0.1) is 5.69 Å². The first-order valence-electron chi connectivity index (χ1n) is 7.73. The first kappa shape index (κ1) is 15.8. The van der Waals surface area contributed by atoms with Gasteiger partial charge in [0.1, 0.15) is 5.65 Å². The maximum atomic E-state index is 5.79. The van der Waals surface area contributed by atoms with Crippen molar-refractivity contribution in [3.63, 3.8) is 0 Å². The molecule has 2 N–H and O–H groups in total. The molecule has 0 aliphatic rings. The number of nitrogens with zero attached hydrogens (tertiary/aromatic N) is 4. The van der Waals surface area contributed by atoms with Gasteiger partial charge in [-0.1, -0.05) is 6.07 Å². The van der Waals surface area contributed by atoms with Crippen LogP contribution in [0.5, 0.6) is 0 Å². The van der Waals surface area contributed by atoms with Crippen molar-refractivity contribution >= 4 is 11.5 Å². The number of nitrogens with two attached hydrogens (primary N) is 1. The third kappa shape index (κ3) is 3.74. The molecule has 2 aromatic heterocycles. The van der Waals surface area contributed by atoms with Crippen molar-refractivity contribution in [1.82, 2.24) is 14.3 Å². The second-order valence-electron chi connectivity index (χ2n) is 5.59. The second kappa shape index (κ2) is 7.43. The van der Waals surface area contributed by atoms with E-state index in [2.05, 4.69) is 47.5 Å². The van der Waals surface area contributed by atoms with Gasteiger partial charge in [-0.25, -0.2) is 4.98 Å². The van der Waals surface area contributed by atoms with Crippen LogP contribution < -0.4 is 10.6 Å². The van der Waals surface area contributed by atoms with Crippen LogP contribution in [-0.2, 0) is 6.42 Å². The van der Waals surface area contributed by atoms with Crippen molar-refractivity contribution in [2.45, 2.75) is 19.8 Å². The van der Waals surface area contributed by atoms with Crippen LogP contribution in [0, 0.1) is 0 Å². The smallest absolute Gasteiger partial charge is 0.151 e. The summed E-state index contributed by atoms with van der Waals surface area (Å²) in [6, 6.07) is 6.12. The molecule has 0 aliphatic carbocycles. The number of hydrogen-bond donors (Lipinski definition) is 1. The summed E-state index contributed by atoms with van der Waals surface area (Å²) in [6.45, 7) is 5.91. The molecule has 0 amide bonds. The Morgan fingerprint density at radius 1 is 1.24 bits per heavy atom. The Kier molecular flexibility index (Phi) is 5.59. The van der Waals surface area contributed by atoms with E-state index in [0.29, 0.717) is 6.54 Å². The summed E-state index contributed by atoms with van der Waals surface area (Å²) in [5, 5.41) is 0. The fourth-order valence-corrected chi connectivity index (χ4v) is 2.65. The Labute approximate surface area is 127 Å². The van der Waals surface area contributed by atoms with E-state index in [-0.39, 0.29) is 0 Å². The summed E-state index contributed by atoms with van der Waals surface area (Å²) < 4.78 is 2.16. The Bertz CT molecular complexity index is 561. The van der Waals surface area contributed by atoms with Crippen LogP contribution in [0.2, 0.25) is 0 Å². The predicted molar refractivity (Wildman–Crippen MR) is 89.0 cm³/mol. The Morgan fingerprint density at radius 3 is 2.71 bits per heavy atom. The summed E-state index contributed by atoms with van der Waals surface area (Å²) in [4.78, 5) is 9.40. The molecule has 0 bridgehead atoms. The van der Waals surface area contributed by atoms with Crippen LogP contribution in [0.1, 0.15) is 19.0 Å². The lowest BCUT2D eigenvalue weighted by atomic mass is 10.2. The largest absolute Gasteiger partial charge is 0.355 e. The average Bonchev–Trinajstić information content (AvgIpc) is 2.83. The third-order valence-corrected chi connectivity index (χ3v) is 3.70. The van der Waals surface area contributed by atoms with Crippen molar-refractivity contribution in [2.75, 3.05) is 45.2 Å². The Hall–Kier alpha value is -1.59. The minimum atomic E-state index is 0.644. The zero-order chi connectivity index (χ0) is 15.2. The minimum Gasteiger partial charge on any atom is -0.355 e. The molecule has 0 aromatic carbocycles. The first-order chi connectivity index (χ1) is 10.2. The van der Waals surface area contributed by atoms with E-state index in [4.69, 9.17) is 10.7 Å². The zero-order valence-electron chi connectivity index (χ0n) is 13.4. The minimum absolute atomic E-state index is 0.644. The molecule has 0 atom stereocenters. The highest BCUT2D eigenvalue weighted by Gasteiger charge is 2.16. The number of pyridine rings is 1. The summed E-state index contributed by atoms with van der Waals surface area (Å²) in [6.07, 6.45) is 4.06. The SMILES string of the molecule is CCN(CCCN(C)C)c1nc2ccccn2c1CCN. The van der Waals surface area contributed by atoms with Crippen molar-refractivity contribution < 1.29 is 0 Å². The lowest BCUT2D eigenvalue weighted by Crippen LogP contribution is -2.28. The lowest BCUT2D eigenvalue weighted by Gasteiger charge is -2.23. The molecule has 0 spiro atoms. The second-order valence-corrected chi connectivity index (χ2v) is 5.59. The third-order valence-electron chi connectivity index (χ3n) is 3.70. The quantitative estimate of drug-likeness (QED) is 0.802. The molecule has 0 fully saturated rings. The zero-order valence-corrected chi connectivity index (χ0v) is 13.4. The van der Waals surface area contributed by atoms with Crippen molar-refractivity contribution in [2.24, 2.45) is 5.73 Å². The topological polar surface area (TPSA) is 49.8 Å². The lowest BCUT2D eigenvalue weighted by molar-refractivity contribution is 0.400. The van der Waals surface area contributed by atoms with Crippen molar-refractivity contribution in [3.8, 4) is 0 Å². The van der Waals surface area contributed by atoms with Crippen LogP contribution >= 0.6 is 0 Å². The monoisotopic (exact) mass is 289 g/mol. The first-order valence-corrected chi connectivity index (χ1v) is 7.73. The average molecular weight is 289 g/mol. The molecule has 116 valence electrons. The molecule has 0 saturated heterocycles. The van der Waals surface area contributed by atoms with Crippen LogP contribution in [0.25, 0.3) is 5.65 Å². The van der Waals surface area contributed by atoms with Gasteiger partial charge < -0.3 is 19.9 Å². The molecule has 21 heavy (non-hydrogen) atoms. The highest BCUT2D eigenvalue weighted by atomic mass is 15.2. The van der Waals surface area contributed by atoms with E-state index in [1.165, 1.54) is 5.69 Å². The normalized spacial score (nSPS) is 11.5. The van der Waals surface area contributed by atoms with Gasteiger partial charge in [0, 0.05) is 25.7 Å². The van der Waals surface area contributed by atoms with Gasteiger partial charge in [-0.05, 0) is 52.7 Å². The summed E-state index contributed by atoms with van der Waals surface area (Å²) in [7, 11) is 4.22. The maximum absolute atomic E-state index is 5.79. The molecular weight excluding hydrogens is 262 g/mol. The summed E-state index contributed by atoms with van der Waals surface area (Å²) >= 11 is 0. The predicted octanol–water partition coefficient (Wildman–Crippen LogP) is 1.61. The van der Waals surface area contributed by atoms with E-state index >= 15 is 0 Å². The molecule has 5 heteroatoms. The van der Waals surface area contributed by atoms with Crippen LogP contribution in [0.15, 0.2) is 24.4 Å². The van der Waals surface area contributed by atoms with E-state index in [9.17, 15) is 0 Å². The van der Waals surface area contributed by atoms with E-state index < -0.39 is 0 Å². The van der Waals surface area contributed by atoms with Crippen molar-refractivity contribution in [3.05, 3.63) is 30.1 Å². The van der Waals surface area contributed by atoms with Crippen LogP contribution in [0.4, 0.5) is 5.82 Å². The maximum Gasteiger partial charge on any atom is 0.151 e. The van der Waals surface area contributed by atoms with E-state index in [0.717, 1.165) is 43.9 Å². The number of rotatable bonds is 8. The molecule has 2 rings (SSSR count). The fraction of sp³-hybridized carbons (Fsp3) is 0.562. The molecule has 0 radical (unpaired) electrons. The molecule has 5 nitrogen and oxygen atoms in total. The standard InChI is InChI=1S/C16H27N5/c1-4-20(12-7-11-19(2)3)16-14(9-10-17)21-13-6-5-8-15(21)18-16/h5-6,8,13H,4,7,9-12,17H2,1-3H3. The molecular formula is C16H27N5. The van der Waals surface area contributed by atoms with Gasteiger partial charge >= 0.3 is 0 Å². The van der Waals surface area contributed by atoms with Crippen LogP contribution in [-0.4, -0.2) is 54.6 Å². The van der Waals surface area contributed by atoms with Crippen molar-refractivity contribution in [1.29, 1.82) is 0 Å². The molecule has 0 unspecified atom stereocenters. The number of fused-ring (bicyclic) bond motifs is 1. The fourth-order valence-electron chi connectivity index (χ4n) is 2.65. The molecule has 2 aromatic rings. The Morgan fingerprint density at radius 2 is 2.05 bits per heavy atom. The van der Waals surface area contributed by atoms with Gasteiger partial charge in [-0.2, -0.15) is 0 Å². The van der Waals surface area contributed by atoms with Gasteiger partial charge in [0.25, 0.3) is 0 Å². The number of aromatic nitrogens is 2. The molecule has 0 aliphatic heterocycles. The van der Waals surface area contributed by atoms with Gasteiger partial charge in [0.15, 0.2) is 5.82 Å². The molecule has 0 saturated carbocycles. The number of anilines is 1. The van der Waals surface area contributed by atoms with Gasteiger partial charge in [-0.15, -0.1) is 0 Å². The number of imidazole rings is 1. The van der Waals surface area contributed by atoms with Gasteiger partial charge in [0.2, 0.25) is 0 Å². The van der Waals surface area contributed by atoms with E-state index in [1.807, 2.05) is 12.1 Å². The highest BCUT2D eigenvalue weighted by Crippen LogP contribution is 2.22. The number of hydrogen-bond acceptors (Lipinski definition) is 4. The van der Waals surface area contributed by atoms with Gasteiger partial charge in [-0.3, -0.25) is 0 Å².